The van der Waals surface area contributed by atoms with Crippen LogP contribution in [0.3, 0.4) is 0 Å². The molecular formula is C13H22FN3O2. The number of nitriles is 1. The molecule has 5 nitrogen and oxygen atoms in total. The Morgan fingerprint density at radius 2 is 2.16 bits per heavy atom. The maximum Gasteiger partial charge on any atom is 0.243 e. The van der Waals surface area contributed by atoms with Crippen molar-refractivity contribution in [3.05, 3.63) is 0 Å². The molecule has 1 fully saturated rings. The Morgan fingerprint density at radius 1 is 1.58 bits per heavy atom. The van der Waals surface area contributed by atoms with Gasteiger partial charge in [0.2, 0.25) is 5.91 Å². The van der Waals surface area contributed by atoms with Crippen molar-refractivity contribution in [3.63, 3.8) is 0 Å². The summed E-state index contributed by atoms with van der Waals surface area (Å²) in [6.07, 6.45) is -1.59. The molecule has 6 heteroatoms. The first-order valence-corrected chi connectivity index (χ1v) is 6.43. The van der Waals surface area contributed by atoms with E-state index in [0.29, 0.717) is 0 Å². The van der Waals surface area contributed by atoms with E-state index in [-0.39, 0.29) is 13.0 Å². The van der Waals surface area contributed by atoms with Gasteiger partial charge in [-0.2, -0.15) is 5.26 Å². The summed E-state index contributed by atoms with van der Waals surface area (Å²) in [5.41, 5.74) is 5.44. The number of likely N-dealkylation sites (tertiary alicyclic amines) is 1. The molecule has 0 bridgehead atoms. The van der Waals surface area contributed by atoms with Crippen LogP contribution in [0.5, 0.6) is 0 Å². The number of hydrogen-bond donors (Lipinski definition) is 1. The number of nitrogens with two attached hydrogens (primary N) is 1. The van der Waals surface area contributed by atoms with Crippen molar-refractivity contribution < 1.29 is 13.9 Å². The van der Waals surface area contributed by atoms with E-state index in [1.807, 2.05) is 26.8 Å². The minimum atomic E-state index is -1.15. The van der Waals surface area contributed by atoms with Crippen LogP contribution in [0.15, 0.2) is 0 Å². The molecule has 1 rings (SSSR count). The highest BCUT2D eigenvalue weighted by Gasteiger charge is 2.39. The zero-order valence-corrected chi connectivity index (χ0v) is 11.9. The number of amides is 1. The van der Waals surface area contributed by atoms with Crippen LogP contribution in [-0.2, 0) is 9.53 Å². The lowest BCUT2D eigenvalue weighted by atomic mass is 10.1. The van der Waals surface area contributed by atoms with Gasteiger partial charge in [0, 0.05) is 6.42 Å². The molecule has 19 heavy (non-hydrogen) atoms. The van der Waals surface area contributed by atoms with Crippen molar-refractivity contribution >= 4 is 5.91 Å². The summed E-state index contributed by atoms with van der Waals surface area (Å²) < 4.78 is 18.9. The van der Waals surface area contributed by atoms with Crippen molar-refractivity contribution in [1.82, 2.24) is 4.90 Å². The second-order valence-electron chi connectivity index (χ2n) is 5.93. The van der Waals surface area contributed by atoms with Gasteiger partial charge in [0.05, 0.1) is 24.3 Å². The standard InChI is InChI=1S/C13H22FN3O2/c1-8(19-13(2,3)4)11(16)12(18)17-7-9(14)5-10(17)6-15/h8-11H,5,7,16H2,1-4H3/t8?,9-,10-,11?/m0/s1. The van der Waals surface area contributed by atoms with E-state index in [0.717, 1.165) is 0 Å². The van der Waals surface area contributed by atoms with Crippen LogP contribution in [-0.4, -0.2) is 47.3 Å². The number of rotatable bonds is 3. The molecule has 0 saturated carbocycles. The summed E-state index contributed by atoms with van der Waals surface area (Å²) in [6, 6.07) is 0.321. The topological polar surface area (TPSA) is 79.3 Å². The predicted molar refractivity (Wildman–Crippen MR) is 68.9 cm³/mol. The molecule has 2 unspecified atom stereocenters. The van der Waals surface area contributed by atoms with Crippen molar-refractivity contribution in [2.45, 2.75) is 64.1 Å². The minimum Gasteiger partial charge on any atom is -0.371 e. The number of hydrogen-bond acceptors (Lipinski definition) is 4. The summed E-state index contributed by atoms with van der Waals surface area (Å²) in [5, 5.41) is 8.93. The third-order valence-corrected chi connectivity index (χ3v) is 3.01. The van der Waals surface area contributed by atoms with Crippen molar-refractivity contribution in [2.24, 2.45) is 5.73 Å². The Bertz CT molecular complexity index is 375. The number of halogens is 1. The third kappa shape index (κ3) is 4.15. The van der Waals surface area contributed by atoms with Gasteiger partial charge in [0.1, 0.15) is 18.3 Å². The van der Waals surface area contributed by atoms with Crippen molar-refractivity contribution in [2.75, 3.05) is 6.54 Å². The van der Waals surface area contributed by atoms with E-state index in [2.05, 4.69) is 0 Å². The van der Waals surface area contributed by atoms with Gasteiger partial charge < -0.3 is 15.4 Å². The normalized spacial score (nSPS) is 26.9. The van der Waals surface area contributed by atoms with E-state index in [9.17, 15) is 9.18 Å². The summed E-state index contributed by atoms with van der Waals surface area (Å²) >= 11 is 0. The van der Waals surface area contributed by atoms with Crippen LogP contribution in [0.4, 0.5) is 4.39 Å². The molecule has 1 amide bonds. The molecule has 1 saturated heterocycles. The monoisotopic (exact) mass is 271 g/mol. The number of carbonyl (C=O) groups excluding carboxylic acids is 1. The van der Waals surface area contributed by atoms with Crippen LogP contribution in [0.2, 0.25) is 0 Å². The lowest BCUT2D eigenvalue weighted by molar-refractivity contribution is -0.139. The van der Waals surface area contributed by atoms with Crippen LogP contribution in [0, 0.1) is 11.3 Å². The quantitative estimate of drug-likeness (QED) is 0.830. The van der Waals surface area contributed by atoms with Gasteiger partial charge in [-0.1, -0.05) is 0 Å². The Balaban J connectivity index is 2.69. The number of nitrogens with zero attached hydrogens (tertiary/aromatic N) is 2. The average Bonchev–Trinajstić information content (AvgIpc) is 2.66. The SMILES string of the molecule is CC(OC(C)(C)C)C(N)C(=O)N1C[C@@H](F)C[C@H]1C#N. The van der Waals surface area contributed by atoms with Gasteiger partial charge in [-0.15, -0.1) is 0 Å². The van der Waals surface area contributed by atoms with Crippen molar-refractivity contribution in [1.29, 1.82) is 5.26 Å². The number of alkyl halides is 1. The first-order valence-electron chi connectivity index (χ1n) is 6.43. The van der Waals surface area contributed by atoms with E-state index in [1.54, 1.807) is 6.92 Å². The molecule has 108 valence electrons. The summed E-state index contributed by atoms with van der Waals surface area (Å²) in [5.74, 6) is -0.427. The molecular weight excluding hydrogens is 249 g/mol. The van der Waals surface area contributed by atoms with Gasteiger partial charge in [-0.25, -0.2) is 4.39 Å². The first kappa shape index (κ1) is 15.9. The third-order valence-electron chi connectivity index (χ3n) is 3.01. The first-order chi connectivity index (χ1) is 8.65. The summed E-state index contributed by atoms with van der Waals surface area (Å²) in [4.78, 5) is 13.4. The smallest absolute Gasteiger partial charge is 0.243 e. The lowest BCUT2D eigenvalue weighted by Gasteiger charge is -2.31. The second-order valence-corrected chi connectivity index (χ2v) is 5.93. The van der Waals surface area contributed by atoms with Gasteiger partial charge in [-0.05, 0) is 27.7 Å². The maximum absolute atomic E-state index is 13.3. The van der Waals surface area contributed by atoms with Gasteiger partial charge >= 0.3 is 0 Å². The van der Waals surface area contributed by atoms with E-state index in [1.165, 1.54) is 4.90 Å². The largest absolute Gasteiger partial charge is 0.371 e. The second kappa shape index (κ2) is 5.85. The Morgan fingerprint density at radius 3 is 2.63 bits per heavy atom. The molecule has 0 radical (unpaired) electrons. The highest BCUT2D eigenvalue weighted by molar-refractivity contribution is 5.83. The highest BCUT2D eigenvalue weighted by atomic mass is 19.1. The lowest BCUT2D eigenvalue weighted by Crippen LogP contribution is -2.52. The maximum atomic E-state index is 13.3. The molecule has 0 aromatic carbocycles. The molecule has 0 aromatic heterocycles. The zero-order valence-electron chi connectivity index (χ0n) is 11.9. The summed E-state index contributed by atoms with van der Waals surface area (Å²) in [7, 11) is 0. The molecule has 4 atom stereocenters. The molecule has 0 aromatic rings. The van der Waals surface area contributed by atoms with E-state index < -0.39 is 35.9 Å². The highest BCUT2D eigenvalue weighted by Crippen LogP contribution is 2.22. The molecule has 1 aliphatic heterocycles. The fourth-order valence-corrected chi connectivity index (χ4v) is 2.17. The average molecular weight is 271 g/mol. The van der Waals surface area contributed by atoms with Gasteiger partial charge in [-0.3, -0.25) is 4.79 Å². The Kier molecular flexibility index (Phi) is 4.88. The van der Waals surface area contributed by atoms with E-state index >= 15 is 0 Å². The van der Waals surface area contributed by atoms with Gasteiger partial charge in [0.15, 0.2) is 0 Å². The Hall–Kier alpha value is -1.19. The molecule has 0 aliphatic carbocycles. The number of carbonyl (C=O) groups is 1. The number of ether oxygens (including phenoxy) is 1. The predicted octanol–water partition coefficient (Wildman–Crippen LogP) is 0.980. The van der Waals surface area contributed by atoms with Crippen LogP contribution < -0.4 is 5.73 Å². The van der Waals surface area contributed by atoms with Crippen LogP contribution >= 0.6 is 0 Å². The van der Waals surface area contributed by atoms with E-state index in [4.69, 9.17) is 15.7 Å². The Labute approximate surface area is 113 Å². The zero-order chi connectivity index (χ0) is 14.8. The van der Waals surface area contributed by atoms with Crippen molar-refractivity contribution in [3.8, 4) is 6.07 Å². The van der Waals surface area contributed by atoms with Crippen LogP contribution in [0.25, 0.3) is 0 Å². The fraction of sp³-hybridized carbons (Fsp3) is 0.846. The molecule has 0 spiro atoms. The molecule has 1 heterocycles. The fourth-order valence-electron chi connectivity index (χ4n) is 2.17. The minimum absolute atomic E-state index is 0.0590. The van der Waals surface area contributed by atoms with Crippen LogP contribution in [0.1, 0.15) is 34.1 Å². The van der Waals surface area contributed by atoms with Gasteiger partial charge in [0.25, 0.3) is 0 Å². The molecule has 1 aliphatic rings. The molecule has 2 N–H and O–H groups in total. The summed E-state index contributed by atoms with van der Waals surface area (Å²) in [6.45, 7) is 7.25.